The number of hydrogen-bond donors (Lipinski definition) is 0. The first-order chi connectivity index (χ1) is 13.1. The van der Waals surface area contributed by atoms with Crippen molar-refractivity contribution in [3.63, 3.8) is 0 Å². The molecule has 4 rings (SSSR count). The Bertz CT molecular complexity index is 1110. The van der Waals surface area contributed by atoms with Gasteiger partial charge in [0.15, 0.2) is 0 Å². The lowest BCUT2D eigenvalue weighted by Crippen LogP contribution is -2.25. The molecule has 0 radical (unpaired) electrons. The molecule has 0 saturated heterocycles. The first kappa shape index (κ1) is 17.1. The molecule has 134 valence electrons. The number of furan rings is 1. The summed E-state index contributed by atoms with van der Waals surface area (Å²) in [6.45, 7) is 0. The van der Waals surface area contributed by atoms with Crippen molar-refractivity contribution in [2.24, 2.45) is 5.10 Å². The van der Waals surface area contributed by atoms with E-state index >= 15 is 0 Å². The number of carbonyl (C=O) groups is 1. The first-order valence-corrected chi connectivity index (χ1v) is 9.33. The second-order valence-corrected chi connectivity index (χ2v) is 7.22. The highest BCUT2D eigenvalue weighted by Crippen LogP contribution is 2.30. The normalized spacial score (nSPS) is 11.3. The molecule has 1 amide bonds. The van der Waals surface area contributed by atoms with E-state index in [0.29, 0.717) is 5.13 Å². The molecule has 0 aliphatic rings. The van der Waals surface area contributed by atoms with Crippen LogP contribution >= 0.6 is 22.7 Å². The second-order valence-electron chi connectivity index (χ2n) is 5.24. The van der Waals surface area contributed by atoms with Crippen molar-refractivity contribution in [1.29, 1.82) is 0 Å². The van der Waals surface area contributed by atoms with E-state index in [-0.39, 0.29) is 5.76 Å². The van der Waals surface area contributed by atoms with Gasteiger partial charge in [0.2, 0.25) is 10.9 Å². The number of thiazole rings is 1. The van der Waals surface area contributed by atoms with Crippen molar-refractivity contribution in [3.8, 4) is 0 Å². The van der Waals surface area contributed by atoms with Gasteiger partial charge in [-0.15, -0.1) is 11.3 Å². The molecule has 0 fully saturated rings. The highest BCUT2D eigenvalue weighted by molar-refractivity contribution is 7.22. The summed E-state index contributed by atoms with van der Waals surface area (Å²) in [7, 11) is 0. The van der Waals surface area contributed by atoms with Crippen LogP contribution in [0.25, 0.3) is 10.2 Å². The summed E-state index contributed by atoms with van der Waals surface area (Å²) in [5, 5.41) is 18.4. The summed E-state index contributed by atoms with van der Waals surface area (Å²) in [6, 6.07) is 13.6. The molecule has 8 nitrogen and oxygen atoms in total. The van der Waals surface area contributed by atoms with Gasteiger partial charge in [-0.05, 0) is 29.6 Å². The molecular formula is C17H10N4O4S2. The number of rotatable bonds is 5. The fourth-order valence-corrected chi connectivity index (χ4v) is 3.77. The minimum absolute atomic E-state index is 0.190. The van der Waals surface area contributed by atoms with Crippen LogP contribution in [0.1, 0.15) is 15.4 Å². The van der Waals surface area contributed by atoms with Crippen LogP contribution in [0.2, 0.25) is 0 Å². The zero-order valence-electron chi connectivity index (χ0n) is 13.5. The second kappa shape index (κ2) is 7.09. The number of thiophene rings is 1. The SMILES string of the molecule is O=C(c1ccc([N+](=O)[O-])o1)N(/N=C\c1cccs1)c1nc2ccccc2s1. The number of hydrazone groups is 1. The number of benzene rings is 1. The van der Waals surface area contributed by atoms with E-state index in [1.165, 1.54) is 35.0 Å². The minimum Gasteiger partial charge on any atom is -0.395 e. The van der Waals surface area contributed by atoms with E-state index < -0.39 is 16.7 Å². The molecule has 0 unspecified atom stereocenters. The molecule has 27 heavy (non-hydrogen) atoms. The maximum Gasteiger partial charge on any atom is 0.433 e. The summed E-state index contributed by atoms with van der Waals surface area (Å²) in [5.41, 5.74) is 0.729. The van der Waals surface area contributed by atoms with Gasteiger partial charge in [-0.2, -0.15) is 10.1 Å². The third kappa shape index (κ3) is 3.48. The van der Waals surface area contributed by atoms with Gasteiger partial charge >= 0.3 is 11.8 Å². The molecule has 0 saturated carbocycles. The van der Waals surface area contributed by atoms with Crippen molar-refractivity contribution in [2.45, 2.75) is 0 Å². The standard InChI is InChI=1S/C17H10N4O4S2/c22-16(13-7-8-15(25-13)21(23)24)20(18-10-11-4-3-9-26-11)17-19-12-5-1-2-6-14(12)27-17/h1-10H/b18-10-. The van der Waals surface area contributed by atoms with E-state index in [0.717, 1.165) is 26.2 Å². The van der Waals surface area contributed by atoms with E-state index in [2.05, 4.69) is 10.1 Å². The Hall–Kier alpha value is -3.37. The van der Waals surface area contributed by atoms with Crippen LogP contribution in [-0.4, -0.2) is 22.0 Å². The Morgan fingerprint density at radius 3 is 2.78 bits per heavy atom. The molecule has 0 N–H and O–H groups in total. The Morgan fingerprint density at radius 2 is 2.07 bits per heavy atom. The number of aromatic nitrogens is 1. The van der Waals surface area contributed by atoms with E-state index in [1.54, 1.807) is 0 Å². The van der Waals surface area contributed by atoms with Crippen LogP contribution in [-0.2, 0) is 0 Å². The zero-order valence-corrected chi connectivity index (χ0v) is 15.1. The Balaban J connectivity index is 1.74. The van der Waals surface area contributed by atoms with Crippen molar-refractivity contribution in [1.82, 2.24) is 4.98 Å². The quantitative estimate of drug-likeness (QED) is 0.279. The van der Waals surface area contributed by atoms with Gasteiger partial charge < -0.3 is 4.42 Å². The zero-order chi connectivity index (χ0) is 18.8. The van der Waals surface area contributed by atoms with Crippen LogP contribution in [0.5, 0.6) is 0 Å². The monoisotopic (exact) mass is 398 g/mol. The maximum absolute atomic E-state index is 12.9. The predicted molar refractivity (Wildman–Crippen MR) is 104 cm³/mol. The Morgan fingerprint density at radius 1 is 1.22 bits per heavy atom. The number of hydrogen-bond acceptors (Lipinski definition) is 8. The van der Waals surface area contributed by atoms with Gasteiger partial charge in [0.05, 0.1) is 22.5 Å². The van der Waals surface area contributed by atoms with Crippen LogP contribution in [0.4, 0.5) is 11.0 Å². The number of nitrogens with zero attached hydrogens (tertiary/aromatic N) is 4. The van der Waals surface area contributed by atoms with Crippen LogP contribution in [0.15, 0.2) is 63.4 Å². The molecule has 10 heteroatoms. The molecular weight excluding hydrogens is 388 g/mol. The van der Waals surface area contributed by atoms with Crippen LogP contribution < -0.4 is 5.01 Å². The Labute approximate surface area is 160 Å². The average Bonchev–Trinajstić information content (AvgIpc) is 3.41. The molecule has 0 aliphatic carbocycles. The topological polar surface area (TPSA) is 102 Å². The number of amides is 1. The van der Waals surface area contributed by atoms with Crippen molar-refractivity contribution in [3.05, 3.63) is 74.7 Å². The minimum atomic E-state index is -0.701. The lowest BCUT2D eigenvalue weighted by molar-refractivity contribution is -0.402. The fraction of sp³-hybridized carbons (Fsp3) is 0. The first-order valence-electron chi connectivity index (χ1n) is 7.63. The summed E-state index contributed by atoms with van der Waals surface area (Å²) in [6.07, 6.45) is 1.53. The van der Waals surface area contributed by atoms with Gasteiger partial charge in [-0.3, -0.25) is 14.9 Å². The van der Waals surface area contributed by atoms with Crippen molar-refractivity contribution < 1.29 is 14.1 Å². The number of fused-ring (bicyclic) bond motifs is 1. The fourth-order valence-electron chi connectivity index (χ4n) is 2.26. The highest BCUT2D eigenvalue weighted by Gasteiger charge is 2.26. The lowest BCUT2D eigenvalue weighted by Gasteiger charge is -2.11. The largest absolute Gasteiger partial charge is 0.433 e. The molecule has 1 aromatic carbocycles. The third-order valence-corrected chi connectivity index (χ3v) is 5.30. The van der Waals surface area contributed by atoms with Gasteiger partial charge in [-0.25, -0.2) is 4.98 Å². The number of carbonyl (C=O) groups excluding carboxylic acids is 1. The number of nitro groups is 1. The molecule has 0 atom stereocenters. The van der Waals surface area contributed by atoms with Crippen molar-refractivity contribution in [2.75, 3.05) is 5.01 Å². The predicted octanol–water partition coefficient (Wildman–Crippen LogP) is 4.54. The molecule has 3 aromatic heterocycles. The maximum atomic E-state index is 12.9. The van der Waals surface area contributed by atoms with Gasteiger partial charge in [0, 0.05) is 4.88 Å². The van der Waals surface area contributed by atoms with E-state index in [4.69, 9.17) is 4.42 Å². The highest BCUT2D eigenvalue weighted by atomic mass is 32.1. The Kier molecular flexibility index (Phi) is 4.48. The lowest BCUT2D eigenvalue weighted by atomic mass is 10.3. The molecule has 0 bridgehead atoms. The van der Waals surface area contributed by atoms with Gasteiger partial charge in [-0.1, -0.05) is 29.5 Å². The van der Waals surface area contributed by atoms with Gasteiger partial charge in [0.25, 0.3) is 0 Å². The van der Waals surface area contributed by atoms with E-state index in [1.807, 2.05) is 41.8 Å². The third-order valence-electron chi connectivity index (χ3n) is 3.48. The molecule has 3 heterocycles. The summed E-state index contributed by atoms with van der Waals surface area (Å²) in [4.78, 5) is 28.3. The number of anilines is 1. The summed E-state index contributed by atoms with van der Waals surface area (Å²) in [5.74, 6) is -1.34. The summed E-state index contributed by atoms with van der Waals surface area (Å²) >= 11 is 2.75. The smallest absolute Gasteiger partial charge is 0.395 e. The van der Waals surface area contributed by atoms with Crippen LogP contribution in [0.3, 0.4) is 0 Å². The summed E-state index contributed by atoms with van der Waals surface area (Å²) < 4.78 is 5.93. The molecule has 0 aliphatic heterocycles. The average molecular weight is 398 g/mol. The van der Waals surface area contributed by atoms with Crippen LogP contribution in [0, 0.1) is 10.1 Å². The van der Waals surface area contributed by atoms with E-state index in [9.17, 15) is 14.9 Å². The molecule has 4 aromatic rings. The van der Waals surface area contributed by atoms with Gasteiger partial charge in [0.1, 0.15) is 4.92 Å². The number of para-hydroxylation sites is 1. The van der Waals surface area contributed by atoms with Crippen molar-refractivity contribution >= 4 is 56.0 Å². The molecule has 0 spiro atoms.